The maximum atomic E-state index is 13.8. The predicted octanol–water partition coefficient (Wildman–Crippen LogP) is 3.79. The highest BCUT2D eigenvalue weighted by Gasteiger charge is 2.38. The van der Waals surface area contributed by atoms with Gasteiger partial charge in [0.25, 0.3) is 0 Å². The Morgan fingerprint density at radius 3 is 2.72 bits per heavy atom. The van der Waals surface area contributed by atoms with Crippen molar-refractivity contribution in [2.45, 2.75) is 31.1 Å². The first-order valence-corrected chi connectivity index (χ1v) is 10.5. The number of aromatic nitrogens is 3. The van der Waals surface area contributed by atoms with Crippen molar-refractivity contribution in [1.82, 2.24) is 19.9 Å². The van der Waals surface area contributed by atoms with Gasteiger partial charge in [-0.25, -0.2) is 9.97 Å². The second-order valence-electron chi connectivity index (χ2n) is 8.07. The minimum Gasteiger partial charge on any atom is -0.379 e. The smallest absolute Gasteiger partial charge is 0.379 e. The van der Waals surface area contributed by atoms with Gasteiger partial charge in [0.2, 0.25) is 5.95 Å². The number of hydrogen-bond donors (Lipinski definition) is 2. The molecular weight excluding hydrogens is 421 g/mol. The molecule has 0 unspecified atom stereocenters. The predicted molar refractivity (Wildman–Crippen MR) is 112 cm³/mol. The molecule has 32 heavy (non-hydrogen) atoms. The number of nitrogens with one attached hydrogen (secondary N) is 2. The van der Waals surface area contributed by atoms with Crippen molar-refractivity contribution in [1.29, 1.82) is 5.26 Å². The quantitative estimate of drug-likeness (QED) is 0.639. The van der Waals surface area contributed by atoms with Crippen molar-refractivity contribution < 1.29 is 17.9 Å². The molecule has 1 saturated heterocycles. The monoisotopic (exact) mass is 442 g/mol. The largest absolute Gasteiger partial charge is 0.419 e. The fourth-order valence-electron chi connectivity index (χ4n) is 4.42. The van der Waals surface area contributed by atoms with Crippen molar-refractivity contribution in [3.63, 3.8) is 0 Å². The molecule has 0 spiro atoms. The molecule has 2 fully saturated rings. The highest BCUT2D eigenvalue weighted by Crippen LogP contribution is 2.39. The van der Waals surface area contributed by atoms with Crippen molar-refractivity contribution >= 4 is 16.9 Å². The van der Waals surface area contributed by atoms with Gasteiger partial charge in [0, 0.05) is 54.0 Å². The molecule has 0 bridgehead atoms. The summed E-state index contributed by atoms with van der Waals surface area (Å²) in [6.07, 6.45) is -0.333. The zero-order chi connectivity index (χ0) is 22.3. The summed E-state index contributed by atoms with van der Waals surface area (Å²) >= 11 is 0. The number of rotatable bonds is 4. The molecular formula is C22H21F3N6O. The van der Waals surface area contributed by atoms with E-state index in [0.717, 1.165) is 32.1 Å². The van der Waals surface area contributed by atoms with E-state index in [1.807, 2.05) is 6.07 Å². The van der Waals surface area contributed by atoms with Crippen LogP contribution in [0.3, 0.4) is 0 Å². The van der Waals surface area contributed by atoms with Crippen molar-refractivity contribution in [3.8, 4) is 17.3 Å². The van der Waals surface area contributed by atoms with Crippen molar-refractivity contribution in [2.75, 3.05) is 31.6 Å². The van der Waals surface area contributed by atoms with Gasteiger partial charge in [-0.05, 0) is 25.0 Å². The average Bonchev–Trinajstić information content (AvgIpc) is 3.19. The van der Waals surface area contributed by atoms with Crippen LogP contribution >= 0.6 is 0 Å². The Morgan fingerprint density at radius 2 is 2.03 bits per heavy atom. The molecule has 0 radical (unpaired) electrons. The number of nitrogens with zero attached hydrogens (tertiary/aromatic N) is 4. The average molecular weight is 442 g/mol. The molecule has 166 valence electrons. The summed E-state index contributed by atoms with van der Waals surface area (Å²) in [6, 6.07) is 7.23. The number of nitriles is 1. The van der Waals surface area contributed by atoms with Gasteiger partial charge < -0.3 is 15.0 Å². The van der Waals surface area contributed by atoms with Gasteiger partial charge in [-0.1, -0.05) is 6.07 Å². The number of H-pyrrole nitrogens is 1. The van der Waals surface area contributed by atoms with Crippen LogP contribution in [0.5, 0.6) is 0 Å². The topological polar surface area (TPSA) is 89.9 Å². The summed E-state index contributed by atoms with van der Waals surface area (Å²) in [5.41, 5.74) is 0.234. The van der Waals surface area contributed by atoms with E-state index < -0.39 is 11.7 Å². The molecule has 1 aliphatic carbocycles. The Bertz CT molecular complexity index is 1180. The van der Waals surface area contributed by atoms with E-state index in [0.29, 0.717) is 41.3 Å². The van der Waals surface area contributed by atoms with E-state index >= 15 is 0 Å². The van der Waals surface area contributed by atoms with Crippen LogP contribution in [0.2, 0.25) is 0 Å². The van der Waals surface area contributed by atoms with Gasteiger partial charge in [0.05, 0.1) is 30.5 Å². The van der Waals surface area contributed by atoms with Crippen molar-refractivity contribution in [2.24, 2.45) is 0 Å². The summed E-state index contributed by atoms with van der Waals surface area (Å²) in [5, 5.41) is 12.9. The van der Waals surface area contributed by atoms with Gasteiger partial charge in [-0.2, -0.15) is 18.4 Å². The van der Waals surface area contributed by atoms with Crippen LogP contribution in [0.15, 0.2) is 30.6 Å². The highest BCUT2D eigenvalue weighted by atomic mass is 19.4. The third kappa shape index (κ3) is 3.78. The van der Waals surface area contributed by atoms with Gasteiger partial charge in [-0.15, -0.1) is 0 Å². The zero-order valence-corrected chi connectivity index (χ0v) is 17.1. The zero-order valence-electron chi connectivity index (χ0n) is 17.1. The van der Waals surface area contributed by atoms with Crippen LogP contribution < -0.4 is 5.32 Å². The minimum atomic E-state index is -4.60. The molecule has 2 aliphatic rings. The number of halogens is 3. The SMILES string of the molecule is N#Cc1ccc2c(-c3nc(N[C@H]4CC[C@@H]4N4CCOCC4)ncc3C(F)(F)F)c[nH]c2c1. The maximum absolute atomic E-state index is 13.8. The van der Waals surface area contributed by atoms with Crippen LogP contribution in [0, 0.1) is 11.3 Å². The first-order valence-electron chi connectivity index (χ1n) is 10.5. The number of ether oxygens (including phenoxy) is 1. The molecule has 7 nitrogen and oxygen atoms in total. The number of anilines is 1. The molecule has 0 amide bonds. The van der Waals surface area contributed by atoms with E-state index in [-0.39, 0.29) is 17.7 Å². The van der Waals surface area contributed by atoms with Gasteiger partial charge in [-0.3, -0.25) is 4.90 Å². The number of hydrogen-bond acceptors (Lipinski definition) is 6. The molecule has 2 atom stereocenters. The Balaban J connectivity index is 1.48. The van der Waals surface area contributed by atoms with Gasteiger partial charge in [0.15, 0.2) is 0 Å². The second-order valence-corrected chi connectivity index (χ2v) is 8.07. The third-order valence-corrected chi connectivity index (χ3v) is 6.23. The lowest BCUT2D eigenvalue weighted by molar-refractivity contribution is -0.137. The molecule has 1 aromatic carbocycles. The lowest BCUT2D eigenvalue weighted by atomic mass is 9.85. The molecule has 3 aromatic rings. The molecule has 2 N–H and O–H groups in total. The summed E-state index contributed by atoms with van der Waals surface area (Å²) in [7, 11) is 0. The van der Waals surface area contributed by atoms with Crippen LogP contribution in [0.25, 0.3) is 22.2 Å². The summed E-state index contributed by atoms with van der Waals surface area (Å²) < 4.78 is 46.7. The lowest BCUT2D eigenvalue weighted by Gasteiger charge is -2.45. The Labute approximate surface area is 182 Å². The van der Waals surface area contributed by atoms with Gasteiger partial charge >= 0.3 is 6.18 Å². The van der Waals surface area contributed by atoms with Crippen LogP contribution in [0.4, 0.5) is 19.1 Å². The lowest BCUT2D eigenvalue weighted by Crippen LogP contribution is -2.57. The molecule has 3 heterocycles. The number of alkyl halides is 3. The molecule has 2 aromatic heterocycles. The van der Waals surface area contributed by atoms with Crippen molar-refractivity contribution in [3.05, 3.63) is 41.7 Å². The number of aromatic amines is 1. The summed E-state index contributed by atoms with van der Waals surface area (Å²) in [6.45, 7) is 3.08. The van der Waals surface area contributed by atoms with E-state index in [1.54, 1.807) is 18.2 Å². The second kappa shape index (κ2) is 8.07. The highest BCUT2D eigenvalue weighted by molar-refractivity contribution is 5.96. The number of morpholine rings is 1. The minimum absolute atomic E-state index is 0.0823. The van der Waals surface area contributed by atoms with E-state index in [2.05, 4.69) is 25.2 Å². The fraction of sp³-hybridized carbons (Fsp3) is 0.409. The Morgan fingerprint density at radius 1 is 1.22 bits per heavy atom. The molecule has 1 aliphatic heterocycles. The number of benzene rings is 1. The summed E-state index contributed by atoms with van der Waals surface area (Å²) in [4.78, 5) is 13.6. The molecule has 5 rings (SSSR count). The maximum Gasteiger partial charge on any atom is 0.419 e. The summed E-state index contributed by atoms with van der Waals surface area (Å²) in [5.74, 6) is 0.180. The van der Waals surface area contributed by atoms with Crippen LogP contribution in [0.1, 0.15) is 24.0 Å². The normalized spacial score (nSPS) is 21.8. The standard InChI is InChI=1S/C22H21F3N6O/c23-22(24,25)16-12-28-21(29-17-3-4-19(17)31-5-7-32-8-6-31)30-20(16)15-11-27-18-9-13(10-26)1-2-14(15)18/h1-2,9,11-12,17,19,27H,3-8H2,(H,28,29,30)/t17-,19-/m0/s1. The van der Waals surface area contributed by atoms with E-state index in [1.165, 1.54) is 6.20 Å². The first kappa shape index (κ1) is 20.7. The van der Waals surface area contributed by atoms with Gasteiger partial charge in [0.1, 0.15) is 5.56 Å². The molecule has 10 heteroatoms. The van der Waals surface area contributed by atoms with Crippen LogP contribution in [-0.2, 0) is 10.9 Å². The third-order valence-electron chi connectivity index (χ3n) is 6.23. The first-order chi connectivity index (χ1) is 15.4. The van der Waals surface area contributed by atoms with E-state index in [4.69, 9.17) is 10.00 Å². The number of fused-ring (bicyclic) bond motifs is 1. The fourth-order valence-corrected chi connectivity index (χ4v) is 4.42. The molecule has 1 saturated carbocycles. The van der Waals surface area contributed by atoms with E-state index in [9.17, 15) is 13.2 Å². The Hall–Kier alpha value is -3.16. The Kier molecular flexibility index (Phi) is 5.23. The van der Waals surface area contributed by atoms with Crippen LogP contribution in [-0.4, -0.2) is 58.2 Å².